The van der Waals surface area contributed by atoms with Crippen LogP contribution in [0.5, 0.6) is 0 Å². The smallest absolute Gasteiger partial charge is 0.759 e. The Labute approximate surface area is 77.9 Å². The summed E-state index contributed by atoms with van der Waals surface area (Å²) in [4.78, 5) is 0. The van der Waals surface area contributed by atoms with E-state index < -0.39 is 10.4 Å². The molecule has 6 heavy (non-hydrogen) atoms. The quantitative estimate of drug-likeness (QED) is 0.191. The van der Waals surface area contributed by atoms with Crippen LogP contribution in [0.3, 0.4) is 0 Å². The van der Waals surface area contributed by atoms with Crippen molar-refractivity contribution in [3.63, 3.8) is 0 Å². The maximum Gasteiger partial charge on any atom is 1.00 e. The molecule has 32 valence electrons. The van der Waals surface area contributed by atoms with Crippen molar-refractivity contribution in [2.45, 2.75) is 0 Å². The molecule has 0 aliphatic rings. The molecule has 0 fully saturated rings. The van der Waals surface area contributed by atoms with Crippen molar-refractivity contribution >= 4 is 10.4 Å². The van der Waals surface area contributed by atoms with Gasteiger partial charge in [0.15, 0.2) is 0 Å². The van der Waals surface area contributed by atoms with Gasteiger partial charge in [-0.05, 0) is 0 Å². The van der Waals surface area contributed by atoms with Gasteiger partial charge in [0.1, 0.15) is 0 Å². The Kier molecular flexibility index (Phi) is 6.12. The minimum Gasteiger partial charge on any atom is -0.759 e. The van der Waals surface area contributed by atoms with Crippen molar-refractivity contribution in [1.29, 1.82) is 0 Å². The molecule has 6 heteroatoms. The molecule has 0 atom stereocenters. The van der Waals surface area contributed by atoms with E-state index in [-0.39, 0.29) is 51.4 Å². The van der Waals surface area contributed by atoms with Gasteiger partial charge >= 0.3 is 51.4 Å². The third-order valence-electron chi connectivity index (χ3n) is 0. The van der Waals surface area contributed by atoms with E-state index in [1.165, 1.54) is 0 Å². The standard InChI is InChI=1S/K.H2O4S/c;1-5(2,3)4/h;(H2,1,2,3,4)/q+1;/p-2. The van der Waals surface area contributed by atoms with Crippen molar-refractivity contribution in [2.75, 3.05) is 0 Å². The second-order valence-electron chi connectivity index (χ2n) is 0.408. The molecule has 0 rings (SSSR count). The molecule has 0 saturated carbocycles. The average Bonchev–Trinajstić information content (AvgIpc) is 0.722. The molecule has 0 amide bonds. The Balaban J connectivity index is 0. The van der Waals surface area contributed by atoms with Gasteiger partial charge in [0.2, 0.25) is 0 Å². The SMILES string of the molecule is O=S(=O)([O-])[O-].[K+]. The molecule has 0 unspecified atom stereocenters. The first-order valence-corrected chi connectivity index (χ1v) is 2.00. The van der Waals surface area contributed by atoms with E-state index in [0.717, 1.165) is 0 Å². The summed E-state index contributed by atoms with van der Waals surface area (Å²) in [6.45, 7) is 0. The summed E-state index contributed by atoms with van der Waals surface area (Å²) >= 11 is 0. The number of rotatable bonds is 0. The summed E-state index contributed by atoms with van der Waals surface area (Å²) in [5.41, 5.74) is 0. The summed E-state index contributed by atoms with van der Waals surface area (Å²) in [6, 6.07) is 0. The molecular weight excluding hydrogens is 135 g/mol. The topological polar surface area (TPSA) is 80.3 Å². The molecule has 0 bridgehead atoms. The Morgan fingerprint density at radius 2 is 1.17 bits per heavy atom. The van der Waals surface area contributed by atoms with Crippen LogP contribution in [0.4, 0.5) is 0 Å². The van der Waals surface area contributed by atoms with E-state index in [9.17, 15) is 0 Å². The normalized spacial score (nSPS) is 9.67. The average molecular weight is 135 g/mol. The van der Waals surface area contributed by atoms with Gasteiger partial charge < -0.3 is 9.11 Å². The van der Waals surface area contributed by atoms with Crippen LogP contribution >= 0.6 is 0 Å². The third kappa shape index (κ3) is 49.3. The zero-order chi connectivity index (χ0) is 4.50. The first kappa shape index (κ1) is 10.5. The van der Waals surface area contributed by atoms with E-state index in [4.69, 9.17) is 17.5 Å². The summed E-state index contributed by atoms with van der Waals surface area (Å²) in [6.07, 6.45) is 0. The van der Waals surface area contributed by atoms with Gasteiger partial charge in [-0.3, -0.25) is 8.42 Å². The van der Waals surface area contributed by atoms with E-state index in [2.05, 4.69) is 0 Å². The minimum atomic E-state index is -5.17. The molecule has 0 aromatic rings. The second kappa shape index (κ2) is 3.50. The van der Waals surface area contributed by atoms with Crippen molar-refractivity contribution in [3.05, 3.63) is 0 Å². The largest absolute Gasteiger partial charge is 1.00 e. The molecule has 0 aromatic heterocycles. The molecule has 0 spiro atoms. The molecule has 0 N–H and O–H groups in total. The van der Waals surface area contributed by atoms with Gasteiger partial charge in [0.25, 0.3) is 0 Å². The predicted octanol–water partition coefficient (Wildman–Crippen LogP) is -4.33. The molecule has 0 radical (unpaired) electrons. The Bertz CT molecular complexity index is 90.7. The molecule has 0 heterocycles. The van der Waals surface area contributed by atoms with Crippen LogP contribution in [0.2, 0.25) is 0 Å². The Morgan fingerprint density at radius 3 is 1.17 bits per heavy atom. The predicted molar refractivity (Wildman–Crippen MR) is 10.5 cm³/mol. The first-order chi connectivity index (χ1) is 2.00. The van der Waals surface area contributed by atoms with E-state index in [1.54, 1.807) is 0 Å². The van der Waals surface area contributed by atoms with Crippen LogP contribution in [0.15, 0.2) is 0 Å². The van der Waals surface area contributed by atoms with Crippen LogP contribution in [0.1, 0.15) is 0 Å². The van der Waals surface area contributed by atoms with Crippen LogP contribution in [0, 0.1) is 0 Å². The van der Waals surface area contributed by atoms with E-state index >= 15 is 0 Å². The van der Waals surface area contributed by atoms with Crippen LogP contribution < -0.4 is 51.4 Å². The second-order valence-corrected chi connectivity index (χ2v) is 1.22. The fourth-order valence-corrected chi connectivity index (χ4v) is 0. The zero-order valence-corrected chi connectivity index (χ0v) is 6.98. The fraction of sp³-hybridized carbons (Fsp3) is 0. The van der Waals surface area contributed by atoms with Gasteiger partial charge in [-0.1, -0.05) is 0 Å². The minimum absolute atomic E-state index is 0. The fourth-order valence-electron chi connectivity index (χ4n) is 0. The van der Waals surface area contributed by atoms with Crippen molar-refractivity contribution in [2.24, 2.45) is 0 Å². The summed E-state index contributed by atoms with van der Waals surface area (Å²) in [7, 11) is -5.17. The molecule has 4 nitrogen and oxygen atoms in total. The van der Waals surface area contributed by atoms with Gasteiger partial charge in [0.05, 0.1) is 0 Å². The zero-order valence-electron chi connectivity index (χ0n) is 3.04. The Hall–Kier alpha value is 1.51. The molecule has 0 aromatic carbocycles. The van der Waals surface area contributed by atoms with Gasteiger partial charge in [-0.15, -0.1) is 0 Å². The molecule has 0 aliphatic carbocycles. The molecular formula is KO4S-. The van der Waals surface area contributed by atoms with Gasteiger partial charge in [-0.2, -0.15) is 0 Å². The number of hydrogen-bond acceptors (Lipinski definition) is 4. The first-order valence-electron chi connectivity index (χ1n) is 0.667. The van der Waals surface area contributed by atoms with Crippen molar-refractivity contribution in [1.82, 2.24) is 0 Å². The van der Waals surface area contributed by atoms with Crippen LogP contribution in [-0.4, -0.2) is 17.5 Å². The molecule has 0 aliphatic heterocycles. The summed E-state index contributed by atoms with van der Waals surface area (Å²) in [5.74, 6) is 0. The van der Waals surface area contributed by atoms with E-state index in [0.29, 0.717) is 0 Å². The van der Waals surface area contributed by atoms with Gasteiger partial charge in [0, 0.05) is 10.4 Å². The maximum atomic E-state index is 8.52. The van der Waals surface area contributed by atoms with Crippen molar-refractivity contribution in [3.8, 4) is 0 Å². The maximum absolute atomic E-state index is 8.52. The van der Waals surface area contributed by atoms with Gasteiger partial charge in [-0.25, -0.2) is 0 Å². The summed E-state index contributed by atoms with van der Waals surface area (Å²) < 4.78 is 34.1. The Morgan fingerprint density at radius 1 is 1.17 bits per heavy atom. The third-order valence-corrected chi connectivity index (χ3v) is 0. The van der Waals surface area contributed by atoms with Crippen LogP contribution in [-0.2, 0) is 10.4 Å². The van der Waals surface area contributed by atoms with Crippen LogP contribution in [0.25, 0.3) is 0 Å². The molecule has 0 saturated heterocycles. The summed E-state index contributed by atoms with van der Waals surface area (Å²) in [5, 5.41) is 0. The monoisotopic (exact) mass is 135 g/mol. The van der Waals surface area contributed by atoms with Crippen molar-refractivity contribution < 1.29 is 68.9 Å². The number of hydrogen-bond donors (Lipinski definition) is 0. The van der Waals surface area contributed by atoms with E-state index in [1.807, 2.05) is 0 Å².